The summed E-state index contributed by atoms with van der Waals surface area (Å²) in [6.07, 6.45) is 3.91. The van der Waals surface area contributed by atoms with Crippen molar-refractivity contribution in [2.24, 2.45) is 5.41 Å². The molecule has 120 valence electrons. The number of hydrogen-bond acceptors (Lipinski definition) is 2. The number of amides is 1. The zero-order chi connectivity index (χ0) is 16.3. The average molecular weight is 324 g/mol. The zero-order valence-corrected chi connectivity index (χ0v) is 13.8. The van der Waals surface area contributed by atoms with Crippen LogP contribution in [0.5, 0.6) is 0 Å². The second-order valence-electron chi connectivity index (χ2n) is 6.31. The number of benzene rings is 1. The number of aryl methyl sites for hydroxylation is 2. The molecule has 0 heterocycles. The Kier molecular flexibility index (Phi) is 5.12. The molecule has 0 atom stereocenters. The summed E-state index contributed by atoms with van der Waals surface area (Å²) in [5.41, 5.74) is 1.56. The summed E-state index contributed by atoms with van der Waals surface area (Å²) >= 11 is 6.19. The molecule has 2 rings (SSSR count). The van der Waals surface area contributed by atoms with Crippen LogP contribution in [0.15, 0.2) is 12.1 Å². The molecule has 1 fully saturated rings. The van der Waals surface area contributed by atoms with Crippen molar-refractivity contribution in [3.05, 3.63) is 28.3 Å². The highest BCUT2D eigenvalue weighted by atomic mass is 35.5. The number of anilines is 1. The smallest absolute Gasteiger partial charge is 0.310 e. The van der Waals surface area contributed by atoms with E-state index < -0.39 is 11.4 Å². The summed E-state index contributed by atoms with van der Waals surface area (Å²) in [5.74, 6) is -1.15. The van der Waals surface area contributed by atoms with E-state index in [4.69, 9.17) is 11.6 Å². The first kappa shape index (κ1) is 16.8. The van der Waals surface area contributed by atoms with Crippen LogP contribution in [0.4, 0.5) is 5.69 Å². The molecule has 5 heteroatoms. The fourth-order valence-electron chi connectivity index (χ4n) is 3.26. The minimum atomic E-state index is -0.923. The highest BCUT2D eigenvalue weighted by Gasteiger charge is 2.41. The number of hydrogen-bond donors (Lipinski definition) is 2. The van der Waals surface area contributed by atoms with Crippen LogP contribution in [0, 0.1) is 19.3 Å². The fraction of sp³-hybridized carbons (Fsp3) is 0.529. The summed E-state index contributed by atoms with van der Waals surface area (Å²) in [5, 5.41) is 12.8. The van der Waals surface area contributed by atoms with Gasteiger partial charge in [0.15, 0.2) is 0 Å². The van der Waals surface area contributed by atoms with E-state index in [2.05, 4.69) is 5.32 Å². The van der Waals surface area contributed by atoms with Gasteiger partial charge >= 0.3 is 5.97 Å². The molecule has 1 aliphatic rings. The molecular formula is C17H22ClNO3. The summed E-state index contributed by atoms with van der Waals surface area (Å²) in [4.78, 5) is 24.0. The minimum Gasteiger partial charge on any atom is -0.481 e. The van der Waals surface area contributed by atoms with Gasteiger partial charge in [-0.3, -0.25) is 9.59 Å². The fourth-order valence-corrected chi connectivity index (χ4v) is 3.63. The van der Waals surface area contributed by atoms with Gasteiger partial charge in [0.1, 0.15) is 0 Å². The second-order valence-corrected chi connectivity index (χ2v) is 6.72. The normalized spacial score (nSPS) is 17.0. The summed E-state index contributed by atoms with van der Waals surface area (Å²) in [6, 6.07) is 3.73. The molecule has 0 bridgehead atoms. The lowest BCUT2D eigenvalue weighted by molar-refractivity contribution is -0.153. The van der Waals surface area contributed by atoms with Crippen molar-refractivity contribution >= 4 is 29.2 Å². The number of halogens is 1. The maximum absolute atomic E-state index is 12.3. The van der Waals surface area contributed by atoms with Crippen molar-refractivity contribution in [3.63, 3.8) is 0 Å². The Labute approximate surface area is 135 Å². The zero-order valence-electron chi connectivity index (χ0n) is 13.0. The molecule has 0 saturated heterocycles. The van der Waals surface area contributed by atoms with Gasteiger partial charge in [0.2, 0.25) is 5.91 Å². The molecule has 1 amide bonds. The molecule has 0 radical (unpaired) electrons. The van der Waals surface area contributed by atoms with Crippen LogP contribution in [-0.4, -0.2) is 17.0 Å². The third kappa shape index (κ3) is 3.61. The number of carboxylic acid groups (broad SMARTS) is 1. The van der Waals surface area contributed by atoms with Crippen LogP contribution in [0.3, 0.4) is 0 Å². The highest BCUT2D eigenvalue weighted by molar-refractivity contribution is 6.34. The van der Waals surface area contributed by atoms with Crippen LogP contribution in [0.25, 0.3) is 0 Å². The molecule has 1 aliphatic carbocycles. The number of carbonyl (C=O) groups excluding carboxylic acids is 1. The molecule has 1 aromatic carbocycles. The first-order valence-electron chi connectivity index (χ1n) is 7.64. The summed E-state index contributed by atoms with van der Waals surface area (Å²) in [6.45, 7) is 3.81. The Bertz CT molecular complexity index is 569. The first-order valence-corrected chi connectivity index (χ1v) is 8.02. The van der Waals surface area contributed by atoms with Gasteiger partial charge in [0.25, 0.3) is 0 Å². The van der Waals surface area contributed by atoms with Crippen molar-refractivity contribution in [2.45, 2.75) is 52.4 Å². The van der Waals surface area contributed by atoms with Gasteiger partial charge in [-0.2, -0.15) is 0 Å². The Morgan fingerprint density at radius 1 is 1.23 bits per heavy atom. The topological polar surface area (TPSA) is 66.4 Å². The van der Waals surface area contributed by atoms with Crippen LogP contribution < -0.4 is 5.32 Å². The lowest BCUT2D eigenvalue weighted by atomic mass is 9.71. The minimum absolute atomic E-state index is 0.00593. The number of aliphatic carboxylic acids is 1. The molecule has 1 aromatic rings. The van der Waals surface area contributed by atoms with E-state index in [0.717, 1.165) is 30.4 Å². The van der Waals surface area contributed by atoms with Gasteiger partial charge < -0.3 is 10.4 Å². The Morgan fingerprint density at radius 2 is 1.86 bits per heavy atom. The predicted octanol–water partition coefficient (Wildman–Crippen LogP) is 4.32. The van der Waals surface area contributed by atoms with Gasteiger partial charge in [-0.25, -0.2) is 0 Å². The van der Waals surface area contributed by atoms with E-state index in [1.54, 1.807) is 6.07 Å². The lowest BCUT2D eigenvalue weighted by Crippen LogP contribution is -2.37. The largest absolute Gasteiger partial charge is 0.481 e. The maximum atomic E-state index is 12.3. The Balaban J connectivity index is 2.14. The van der Waals surface area contributed by atoms with Crippen LogP contribution in [0.2, 0.25) is 5.02 Å². The summed E-state index contributed by atoms with van der Waals surface area (Å²) < 4.78 is 0. The Morgan fingerprint density at radius 3 is 2.41 bits per heavy atom. The lowest BCUT2D eigenvalue weighted by Gasteiger charge is -2.32. The third-order valence-corrected chi connectivity index (χ3v) is 4.76. The first-order chi connectivity index (χ1) is 10.3. The average Bonchev–Trinajstić information content (AvgIpc) is 2.43. The van der Waals surface area contributed by atoms with Crippen LogP contribution in [0.1, 0.15) is 49.7 Å². The van der Waals surface area contributed by atoms with Gasteiger partial charge in [-0.1, -0.05) is 36.9 Å². The van der Waals surface area contributed by atoms with E-state index in [1.165, 1.54) is 0 Å². The number of carbonyl (C=O) groups is 2. The van der Waals surface area contributed by atoms with Gasteiger partial charge in [-0.05, 0) is 43.9 Å². The third-order valence-electron chi connectivity index (χ3n) is 4.46. The predicted molar refractivity (Wildman–Crippen MR) is 87.3 cm³/mol. The molecule has 0 aliphatic heterocycles. The second kappa shape index (κ2) is 6.69. The molecule has 0 spiro atoms. The van der Waals surface area contributed by atoms with E-state index in [1.807, 2.05) is 19.9 Å². The Hall–Kier alpha value is -1.55. The number of rotatable bonds is 4. The van der Waals surface area contributed by atoms with Crippen molar-refractivity contribution in [3.8, 4) is 0 Å². The van der Waals surface area contributed by atoms with Gasteiger partial charge in [0, 0.05) is 6.42 Å². The van der Waals surface area contributed by atoms with Gasteiger partial charge in [-0.15, -0.1) is 0 Å². The van der Waals surface area contributed by atoms with E-state index in [9.17, 15) is 14.7 Å². The monoisotopic (exact) mass is 323 g/mol. The van der Waals surface area contributed by atoms with E-state index in [-0.39, 0.29) is 12.3 Å². The SMILES string of the molecule is Cc1cc(C)c(NC(=O)CC2(C(=O)O)CCCCC2)c(Cl)c1. The van der Waals surface area contributed by atoms with Crippen molar-refractivity contribution < 1.29 is 14.7 Å². The van der Waals surface area contributed by atoms with E-state index in [0.29, 0.717) is 23.6 Å². The van der Waals surface area contributed by atoms with Crippen LogP contribution in [-0.2, 0) is 9.59 Å². The molecule has 2 N–H and O–H groups in total. The van der Waals surface area contributed by atoms with Gasteiger partial charge in [0.05, 0.1) is 16.1 Å². The molecule has 0 aromatic heterocycles. The van der Waals surface area contributed by atoms with Crippen molar-refractivity contribution in [1.82, 2.24) is 0 Å². The van der Waals surface area contributed by atoms with Crippen LogP contribution >= 0.6 is 11.6 Å². The number of carboxylic acids is 1. The van der Waals surface area contributed by atoms with Crippen molar-refractivity contribution in [2.75, 3.05) is 5.32 Å². The standard InChI is InChI=1S/C17H22ClNO3/c1-11-8-12(2)15(13(18)9-11)19-14(20)10-17(16(21)22)6-4-3-5-7-17/h8-9H,3-7,10H2,1-2H3,(H,19,20)(H,21,22). The van der Waals surface area contributed by atoms with E-state index >= 15 is 0 Å². The molecule has 1 saturated carbocycles. The quantitative estimate of drug-likeness (QED) is 0.867. The molecule has 4 nitrogen and oxygen atoms in total. The highest BCUT2D eigenvalue weighted by Crippen LogP contribution is 2.40. The molecule has 0 unspecified atom stereocenters. The molecule has 22 heavy (non-hydrogen) atoms. The number of nitrogens with one attached hydrogen (secondary N) is 1. The maximum Gasteiger partial charge on any atom is 0.310 e. The van der Waals surface area contributed by atoms with Crippen molar-refractivity contribution in [1.29, 1.82) is 0 Å². The summed E-state index contributed by atoms with van der Waals surface area (Å²) in [7, 11) is 0. The molecular weight excluding hydrogens is 302 g/mol.